The van der Waals surface area contributed by atoms with Gasteiger partial charge in [0.05, 0.1) is 16.1 Å². The molecule has 1 aliphatic rings. The summed E-state index contributed by atoms with van der Waals surface area (Å²) in [7, 11) is 0. The van der Waals surface area contributed by atoms with E-state index in [0.29, 0.717) is 17.9 Å². The Morgan fingerprint density at radius 3 is 2.89 bits per heavy atom. The molecule has 0 bridgehead atoms. The molecule has 102 valence electrons. The lowest BCUT2D eigenvalue weighted by molar-refractivity contribution is 0.336. The molecule has 4 heteroatoms. The number of imidazole rings is 1. The first-order valence-corrected chi connectivity index (χ1v) is 7.43. The van der Waals surface area contributed by atoms with Gasteiger partial charge in [-0.3, -0.25) is 0 Å². The highest BCUT2D eigenvalue weighted by molar-refractivity contribution is 6.35. The maximum atomic E-state index is 6.36. The number of hydrogen-bond donors (Lipinski definition) is 1. The minimum atomic E-state index is 0.426. The third kappa shape index (κ3) is 1.91. The fraction of sp³-hybridized carbons (Fsp3) is 0.533. The highest BCUT2D eigenvalue weighted by atomic mass is 35.5. The summed E-state index contributed by atoms with van der Waals surface area (Å²) >= 11 is 6.36. The Morgan fingerprint density at radius 2 is 2.21 bits per heavy atom. The van der Waals surface area contributed by atoms with Crippen molar-refractivity contribution < 1.29 is 0 Å². The first kappa shape index (κ1) is 12.8. The van der Waals surface area contributed by atoms with Crippen molar-refractivity contribution in [3.8, 4) is 0 Å². The molecule has 3 unspecified atom stereocenters. The van der Waals surface area contributed by atoms with Gasteiger partial charge in [-0.05, 0) is 36.8 Å². The lowest BCUT2D eigenvalue weighted by Gasteiger charge is -2.23. The number of anilines is 1. The number of fused-ring (bicyclic) bond motifs is 1. The van der Waals surface area contributed by atoms with Crippen LogP contribution in [0.4, 0.5) is 5.95 Å². The number of rotatable bonds is 2. The van der Waals surface area contributed by atoms with Crippen LogP contribution >= 0.6 is 11.6 Å². The van der Waals surface area contributed by atoms with E-state index >= 15 is 0 Å². The van der Waals surface area contributed by atoms with Gasteiger partial charge in [-0.2, -0.15) is 0 Å². The van der Waals surface area contributed by atoms with E-state index < -0.39 is 0 Å². The molecule has 1 aliphatic carbocycles. The number of hydrogen-bond acceptors (Lipinski definition) is 2. The maximum Gasteiger partial charge on any atom is 0.201 e. The molecular formula is C15H20ClN3. The molecule has 0 radical (unpaired) electrons. The number of nitrogen functional groups attached to an aromatic ring is 1. The van der Waals surface area contributed by atoms with Crippen LogP contribution in [0, 0.1) is 11.8 Å². The molecule has 0 amide bonds. The van der Waals surface area contributed by atoms with E-state index in [1.807, 2.05) is 18.2 Å². The Morgan fingerprint density at radius 1 is 1.42 bits per heavy atom. The molecule has 1 aromatic heterocycles. The zero-order valence-corrected chi connectivity index (χ0v) is 12.2. The van der Waals surface area contributed by atoms with E-state index in [1.54, 1.807) is 0 Å². The van der Waals surface area contributed by atoms with Crippen molar-refractivity contribution in [3.63, 3.8) is 0 Å². The number of halogens is 1. The molecule has 3 nitrogen and oxygen atoms in total. The summed E-state index contributed by atoms with van der Waals surface area (Å²) in [6.45, 7) is 4.60. The van der Waals surface area contributed by atoms with Gasteiger partial charge >= 0.3 is 0 Å². The number of nitrogens with zero attached hydrogens (tertiary/aromatic N) is 2. The molecule has 0 saturated heterocycles. The predicted octanol–water partition coefficient (Wildman–Crippen LogP) is 4.27. The second kappa shape index (κ2) is 4.71. The molecule has 1 saturated carbocycles. The summed E-state index contributed by atoms with van der Waals surface area (Å²) in [5.41, 5.74) is 8.04. The summed E-state index contributed by atoms with van der Waals surface area (Å²) in [5, 5.41) is 0.744. The highest BCUT2D eigenvalue weighted by Crippen LogP contribution is 2.44. The lowest BCUT2D eigenvalue weighted by atomic mass is 9.93. The largest absolute Gasteiger partial charge is 0.369 e. The standard InChI is InChI=1S/C15H20ClN3/c1-3-10-7-8-13(9(10)2)19-14-11(16)5-4-6-12(14)18-15(19)17/h4-6,9-10,13H,3,7-8H2,1-2H3,(H2,17,18). The second-order valence-electron chi connectivity index (χ2n) is 5.62. The molecule has 1 fully saturated rings. The highest BCUT2D eigenvalue weighted by Gasteiger charge is 2.34. The first-order chi connectivity index (χ1) is 9.13. The average Bonchev–Trinajstić information content (AvgIpc) is 2.90. The predicted molar refractivity (Wildman–Crippen MR) is 80.4 cm³/mol. The van der Waals surface area contributed by atoms with E-state index in [4.69, 9.17) is 17.3 Å². The fourth-order valence-electron chi connectivity index (χ4n) is 3.63. The van der Waals surface area contributed by atoms with E-state index in [0.717, 1.165) is 22.0 Å². The Labute approximate surface area is 118 Å². The lowest BCUT2D eigenvalue weighted by Crippen LogP contribution is -2.17. The normalized spacial score (nSPS) is 27.2. The quantitative estimate of drug-likeness (QED) is 0.891. The first-order valence-electron chi connectivity index (χ1n) is 7.05. The van der Waals surface area contributed by atoms with Crippen molar-refractivity contribution in [1.82, 2.24) is 9.55 Å². The topological polar surface area (TPSA) is 43.8 Å². The van der Waals surface area contributed by atoms with Crippen LogP contribution in [0.2, 0.25) is 5.02 Å². The van der Waals surface area contributed by atoms with Crippen LogP contribution < -0.4 is 5.73 Å². The van der Waals surface area contributed by atoms with Gasteiger partial charge in [-0.1, -0.05) is 37.9 Å². The SMILES string of the molecule is CCC1CCC(n2c(N)nc3cccc(Cl)c32)C1C. The van der Waals surface area contributed by atoms with Crippen LogP contribution in [-0.4, -0.2) is 9.55 Å². The number of aromatic nitrogens is 2. The minimum Gasteiger partial charge on any atom is -0.369 e. The van der Waals surface area contributed by atoms with Crippen molar-refractivity contribution in [2.45, 2.75) is 39.2 Å². The molecule has 3 rings (SSSR count). The summed E-state index contributed by atoms with van der Waals surface area (Å²) in [4.78, 5) is 4.46. The Balaban J connectivity index is 2.13. The van der Waals surface area contributed by atoms with Gasteiger partial charge < -0.3 is 10.3 Å². The minimum absolute atomic E-state index is 0.426. The molecule has 2 aromatic rings. The molecule has 0 spiro atoms. The number of nitrogens with two attached hydrogens (primary N) is 1. The molecule has 1 aromatic carbocycles. The zero-order chi connectivity index (χ0) is 13.6. The molecule has 3 atom stereocenters. The molecule has 2 N–H and O–H groups in total. The third-order valence-corrected chi connectivity index (χ3v) is 5.03. The average molecular weight is 278 g/mol. The van der Waals surface area contributed by atoms with Crippen molar-refractivity contribution in [3.05, 3.63) is 23.2 Å². The summed E-state index contributed by atoms with van der Waals surface area (Å²) in [6.07, 6.45) is 3.67. The van der Waals surface area contributed by atoms with Crippen molar-refractivity contribution in [2.24, 2.45) is 11.8 Å². The number of para-hydroxylation sites is 1. The monoisotopic (exact) mass is 277 g/mol. The van der Waals surface area contributed by atoms with Gasteiger partial charge in [-0.25, -0.2) is 4.98 Å². The zero-order valence-electron chi connectivity index (χ0n) is 11.4. The Hall–Kier alpha value is -1.22. The van der Waals surface area contributed by atoms with Crippen molar-refractivity contribution >= 4 is 28.6 Å². The van der Waals surface area contributed by atoms with Crippen LogP contribution in [0.25, 0.3) is 11.0 Å². The van der Waals surface area contributed by atoms with Crippen LogP contribution in [0.5, 0.6) is 0 Å². The summed E-state index contributed by atoms with van der Waals surface area (Å²) in [6, 6.07) is 6.24. The smallest absolute Gasteiger partial charge is 0.201 e. The van der Waals surface area contributed by atoms with Crippen LogP contribution in [-0.2, 0) is 0 Å². The van der Waals surface area contributed by atoms with E-state index in [1.165, 1.54) is 19.3 Å². The van der Waals surface area contributed by atoms with Crippen molar-refractivity contribution in [2.75, 3.05) is 5.73 Å². The second-order valence-corrected chi connectivity index (χ2v) is 6.03. The Bertz CT molecular complexity index is 605. The molecule has 0 aliphatic heterocycles. The molecule has 19 heavy (non-hydrogen) atoms. The van der Waals surface area contributed by atoms with Crippen LogP contribution in [0.1, 0.15) is 39.2 Å². The maximum absolute atomic E-state index is 6.36. The molecular weight excluding hydrogens is 258 g/mol. The molecule has 1 heterocycles. The van der Waals surface area contributed by atoms with Gasteiger partial charge in [0.25, 0.3) is 0 Å². The van der Waals surface area contributed by atoms with Gasteiger partial charge in [0.15, 0.2) is 0 Å². The van der Waals surface area contributed by atoms with E-state index in [9.17, 15) is 0 Å². The van der Waals surface area contributed by atoms with Gasteiger partial charge in [0, 0.05) is 6.04 Å². The van der Waals surface area contributed by atoms with Gasteiger partial charge in [0.2, 0.25) is 5.95 Å². The third-order valence-electron chi connectivity index (χ3n) is 4.73. The van der Waals surface area contributed by atoms with Crippen LogP contribution in [0.3, 0.4) is 0 Å². The summed E-state index contributed by atoms with van der Waals surface area (Å²) in [5.74, 6) is 2.00. The van der Waals surface area contributed by atoms with Gasteiger partial charge in [-0.15, -0.1) is 0 Å². The fourth-order valence-corrected chi connectivity index (χ4v) is 3.89. The van der Waals surface area contributed by atoms with Gasteiger partial charge in [0.1, 0.15) is 0 Å². The van der Waals surface area contributed by atoms with E-state index in [2.05, 4.69) is 23.4 Å². The van der Waals surface area contributed by atoms with Crippen molar-refractivity contribution in [1.29, 1.82) is 0 Å². The Kier molecular flexibility index (Phi) is 3.17. The summed E-state index contributed by atoms with van der Waals surface area (Å²) < 4.78 is 2.16. The van der Waals surface area contributed by atoms with Crippen LogP contribution in [0.15, 0.2) is 18.2 Å². The van der Waals surface area contributed by atoms with E-state index in [-0.39, 0.29) is 0 Å². The number of benzene rings is 1.